The second kappa shape index (κ2) is 13.1. The Morgan fingerprint density at radius 1 is 0.868 bits per heavy atom. The number of aromatic nitrogens is 2. The predicted molar refractivity (Wildman–Crippen MR) is 171 cm³/mol. The largest absolute Gasteiger partial charge is 0.413 e. The Morgan fingerprint density at radius 3 is 1.74 bits per heavy atom. The van der Waals surface area contributed by atoms with Crippen LogP contribution in [0.3, 0.4) is 0 Å². The van der Waals surface area contributed by atoms with E-state index in [2.05, 4.69) is 111 Å². The van der Waals surface area contributed by atoms with Crippen molar-refractivity contribution in [2.45, 2.75) is 146 Å². The Bertz CT molecular complexity index is 993. The molecule has 1 fully saturated rings. The van der Waals surface area contributed by atoms with Crippen molar-refractivity contribution < 1.29 is 13.6 Å². The van der Waals surface area contributed by atoms with Crippen LogP contribution in [0.4, 0.5) is 0 Å². The van der Waals surface area contributed by atoms with Gasteiger partial charge in [0.2, 0.25) is 8.32 Å². The first-order valence-electron chi connectivity index (χ1n) is 14.4. The second-order valence-electron chi connectivity index (χ2n) is 13.0. The topological polar surface area (TPSA) is 82.6 Å². The first-order valence-corrected chi connectivity index (χ1v) is 19.9. The molecule has 0 aliphatic carbocycles. The summed E-state index contributed by atoms with van der Waals surface area (Å²) in [5.41, 5.74) is 2.27. The number of aryl methyl sites for hydroxylation is 1. The SMILES string of the molecule is Cc1cn([C@@H]2O[C@H](CO[Si](C(C)C)(C(C)C)C(C)C)[C@@H](O[Si](C(C)C)(C(C)C)C(C)C)[C@H]2I)c(=O)[nH]c1=O. The first kappa shape index (κ1) is 33.9. The van der Waals surface area contributed by atoms with Gasteiger partial charge in [-0.15, -0.1) is 0 Å². The number of hydrogen-bond donors (Lipinski definition) is 1. The Hall–Kier alpha value is -0.276. The molecule has 4 atom stereocenters. The summed E-state index contributed by atoms with van der Waals surface area (Å²) in [6, 6.07) is 0. The van der Waals surface area contributed by atoms with Crippen LogP contribution in [0.1, 0.15) is 94.9 Å². The van der Waals surface area contributed by atoms with E-state index in [0.717, 1.165) is 0 Å². The molecule has 2 heterocycles. The summed E-state index contributed by atoms with van der Waals surface area (Å²) in [7, 11) is -4.40. The van der Waals surface area contributed by atoms with Crippen LogP contribution in [-0.2, 0) is 13.6 Å². The van der Waals surface area contributed by atoms with Crippen LogP contribution >= 0.6 is 22.6 Å². The van der Waals surface area contributed by atoms with Gasteiger partial charge in [0.15, 0.2) is 14.5 Å². The van der Waals surface area contributed by atoms with Crippen LogP contribution < -0.4 is 11.2 Å². The molecule has 1 aliphatic heterocycles. The normalized spacial score (nSPS) is 23.3. The molecule has 2 rings (SSSR count). The third-order valence-corrected chi connectivity index (χ3v) is 22.4. The first-order chi connectivity index (χ1) is 17.4. The molecular formula is C28H53IN2O5Si2. The van der Waals surface area contributed by atoms with Gasteiger partial charge in [-0.3, -0.25) is 14.3 Å². The van der Waals surface area contributed by atoms with Gasteiger partial charge in [-0.1, -0.05) is 106 Å². The van der Waals surface area contributed by atoms with Gasteiger partial charge in [-0.2, -0.15) is 0 Å². The second-order valence-corrected chi connectivity index (χ2v) is 25.3. The van der Waals surface area contributed by atoms with Crippen molar-refractivity contribution >= 4 is 39.2 Å². The van der Waals surface area contributed by atoms with Gasteiger partial charge in [0, 0.05) is 11.8 Å². The highest BCUT2D eigenvalue weighted by atomic mass is 127. The van der Waals surface area contributed by atoms with Crippen LogP contribution in [0.25, 0.3) is 0 Å². The quantitative estimate of drug-likeness (QED) is 0.142. The molecule has 0 unspecified atom stereocenters. The summed E-state index contributed by atoms with van der Waals surface area (Å²) in [5, 5.41) is 0. The van der Waals surface area contributed by atoms with E-state index in [9.17, 15) is 9.59 Å². The summed E-state index contributed by atoms with van der Waals surface area (Å²) < 4.78 is 22.5. The van der Waals surface area contributed by atoms with Crippen LogP contribution in [0.15, 0.2) is 15.8 Å². The predicted octanol–water partition coefficient (Wildman–Crippen LogP) is 7.30. The number of alkyl halides is 1. The molecule has 0 bridgehead atoms. The fourth-order valence-electron chi connectivity index (χ4n) is 7.34. The molecule has 1 N–H and O–H groups in total. The molecule has 220 valence electrons. The van der Waals surface area contributed by atoms with Gasteiger partial charge >= 0.3 is 5.69 Å². The van der Waals surface area contributed by atoms with Crippen molar-refractivity contribution in [3.8, 4) is 0 Å². The van der Waals surface area contributed by atoms with Crippen LogP contribution in [0.2, 0.25) is 33.2 Å². The van der Waals surface area contributed by atoms with Crippen molar-refractivity contribution in [3.05, 3.63) is 32.6 Å². The number of rotatable bonds is 12. The minimum Gasteiger partial charge on any atom is -0.413 e. The molecule has 1 aromatic rings. The molecule has 0 aromatic carbocycles. The van der Waals surface area contributed by atoms with Crippen molar-refractivity contribution in [2.24, 2.45) is 0 Å². The van der Waals surface area contributed by atoms with Gasteiger partial charge in [0.25, 0.3) is 5.56 Å². The van der Waals surface area contributed by atoms with Crippen LogP contribution in [-0.4, -0.2) is 48.9 Å². The molecule has 1 aromatic heterocycles. The molecule has 7 nitrogen and oxygen atoms in total. The average Bonchev–Trinajstić information content (AvgIpc) is 3.08. The lowest BCUT2D eigenvalue weighted by Gasteiger charge is -2.46. The summed E-state index contributed by atoms with van der Waals surface area (Å²) >= 11 is 2.40. The zero-order valence-corrected chi connectivity index (χ0v) is 30.1. The standard InChI is InChI=1S/C28H53IN2O5Si2/c1-16(2)37(17(3)4,18(5)6)34-15-23-25(36-38(19(7)8,20(9)10)21(11)12)24(29)27(35-23)31-14-22(13)26(32)30-28(31)33/h14,16-21,23-25,27H,15H2,1-13H3,(H,30,32,33)/t23-,24-,25-,27-/m1/s1. The highest BCUT2D eigenvalue weighted by molar-refractivity contribution is 14.1. The molecule has 0 saturated carbocycles. The van der Waals surface area contributed by atoms with Crippen molar-refractivity contribution in [3.63, 3.8) is 0 Å². The van der Waals surface area contributed by atoms with Crippen molar-refractivity contribution in [1.29, 1.82) is 0 Å². The molecule has 1 aliphatic rings. The molecule has 1 saturated heterocycles. The molecule has 0 radical (unpaired) electrons. The van der Waals surface area contributed by atoms with E-state index in [1.807, 2.05) is 0 Å². The van der Waals surface area contributed by atoms with Crippen LogP contribution in [0.5, 0.6) is 0 Å². The Balaban J connectivity index is 2.59. The third-order valence-electron chi connectivity index (χ3n) is 8.94. The maximum atomic E-state index is 12.9. The smallest absolute Gasteiger partial charge is 0.330 e. The number of ether oxygens (including phenoxy) is 1. The minimum atomic E-state index is -2.25. The molecule has 0 amide bonds. The van der Waals surface area contributed by atoms with Gasteiger partial charge in [0.05, 0.1) is 16.6 Å². The van der Waals surface area contributed by atoms with E-state index < -0.39 is 28.6 Å². The summed E-state index contributed by atoms with van der Waals surface area (Å²) in [4.78, 5) is 27.4. The highest BCUT2D eigenvalue weighted by Crippen LogP contribution is 2.48. The third kappa shape index (κ3) is 6.29. The van der Waals surface area contributed by atoms with E-state index in [-0.39, 0.29) is 21.7 Å². The number of nitrogens with zero attached hydrogens (tertiary/aromatic N) is 1. The van der Waals surface area contributed by atoms with Crippen LogP contribution in [0, 0.1) is 6.92 Å². The number of halogens is 1. The average molecular weight is 681 g/mol. The lowest BCUT2D eigenvalue weighted by Crippen LogP contribution is -2.55. The lowest BCUT2D eigenvalue weighted by atomic mass is 10.2. The minimum absolute atomic E-state index is 0.124. The maximum Gasteiger partial charge on any atom is 0.330 e. The van der Waals surface area contributed by atoms with Crippen molar-refractivity contribution in [2.75, 3.05) is 6.61 Å². The van der Waals surface area contributed by atoms with E-state index in [4.69, 9.17) is 13.6 Å². The zero-order chi connectivity index (χ0) is 29.3. The van der Waals surface area contributed by atoms with Gasteiger partial charge in [-0.05, 0) is 40.2 Å². The maximum absolute atomic E-state index is 12.9. The van der Waals surface area contributed by atoms with E-state index in [0.29, 0.717) is 45.4 Å². The molecular weight excluding hydrogens is 627 g/mol. The number of nitrogens with one attached hydrogen (secondary N) is 1. The summed E-state index contributed by atoms with van der Waals surface area (Å²) in [5.74, 6) is 0. The van der Waals surface area contributed by atoms with Crippen molar-refractivity contribution in [1.82, 2.24) is 9.55 Å². The fourth-order valence-corrected chi connectivity index (χ4v) is 19.8. The van der Waals surface area contributed by atoms with E-state index in [1.54, 1.807) is 13.1 Å². The Kier molecular flexibility index (Phi) is 11.7. The van der Waals surface area contributed by atoms with Gasteiger partial charge < -0.3 is 13.6 Å². The lowest BCUT2D eigenvalue weighted by molar-refractivity contribution is -0.0419. The number of hydrogen-bond acceptors (Lipinski definition) is 5. The monoisotopic (exact) mass is 680 g/mol. The molecule has 10 heteroatoms. The van der Waals surface area contributed by atoms with Gasteiger partial charge in [0.1, 0.15) is 6.10 Å². The van der Waals surface area contributed by atoms with E-state index >= 15 is 0 Å². The summed E-state index contributed by atoms with van der Waals surface area (Å²) in [6.45, 7) is 29.6. The number of H-pyrrole nitrogens is 1. The zero-order valence-electron chi connectivity index (χ0n) is 25.9. The Morgan fingerprint density at radius 2 is 1.32 bits per heavy atom. The molecule has 38 heavy (non-hydrogen) atoms. The summed E-state index contributed by atoms with van der Waals surface area (Å²) in [6.07, 6.45) is 0.526. The fraction of sp³-hybridized carbons (Fsp3) is 0.857. The number of aromatic amines is 1. The highest BCUT2D eigenvalue weighted by Gasteiger charge is 2.54. The van der Waals surface area contributed by atoms with E-state index in [1.165, 1.54) is 4.57 Å². The Labute approximate surface area is 246 Å². The van der Waals surface area contributed by atoms with Gasteiger partial charge in [-0.25, -0.2) is 4.79 Å². The molecule has 0 spiro atoms.